The van der Waals surface area contributed by atoms with E-state index >= 15 is 0 Å². The number of aryl methyl sites for hydroxylation is 1. The maximum absolute atomic E-state index is 10.6. The van der Waals surface area contributed by atoms with Crippen LogP contribution in [0.15, 0.2) is 30.3 Å². The zero-order valence-corrected chi connectivity index (χ0v) is 11.1. The van der Waals surface area contributed by atoms with Crippen LogP contribution < -0.4 is 5.32 Å². The highest BCUT2D eigenvalue weighted by atomic mass is 32.1. The van der Waals surface area contributed by atoms with Crippen LogP contribution >= 0.6 is 11.3 Å². The molecule has 0 fully saturated rings. The number of hydrogen-bond donors (Lipinski definition) is 1. The van der Waals surface area contributed by atoms with Gasteiger partial charge in [0, 0.05) is 23.2 Å². The lowest BCUT2D eigenvalue weighted by molar-refractivity contribution is -0.380. The van der Waals surface area contributed by atoms with Crippen LogP contribution in [0.5, 0.6) is 0 Å². The van der Waals surface area contributed by atoms with Crippen LogP contribution in [0, 0.1) is 24.0 Å². The van der Waals surface area contributed by atoms with Gasteiger partial charge in [-0.15, -0.1) is 0 Å². The fraction of sp³-hybridized carbons (Fsp3) is 0.231. The zero-order valence-electron chi connectivity index (χ0n) is 10.3. The largest absolute Gasteiger partial charge is 0.380 e. The average molecular weight is 262 g/mol. The Morgan fingerprint density at radius 1 is 1.28 bits per heavy atom. The summed E-state index contributed by atoms with van der Waals surface area (Å²) in [4.78, 5) is 11.2. The fourth-order valence-electron chi connectivity index (χ4n) is 1.68. The molecule has 94 valence electrons. The monoisotopic (exact) mass is 262 g/mol. The molecular formula is C13H14N2O2S. The summed E-state index contributed by atoms with van der Waals surface area (Å²) in [5, 5.41) is 14.1. The number of nitrogens with zero attached hydrogens (tertiary/aromatic N) is 1. The molecule has 0 aliphatic heterocycles. The highest BCUT2D eigenvalue weighted by Crippen LogP contribution is 2.25. The van der Waals surface area contributed by atoms with Gasteiger partial charge in [0.05, 0.1) is 4.92 Å². The van der Waals surface area contributed by atoms with Gasteiger partial charge < -0.3 is 5.32 Å². The van der Waals surface area contributed by atoms with Crippen LogP contribution in [0.2, 0.25) is 0 Å². The third kappa shape index (κ3) is 2.68. The molecule has 4 nitrogen and oxygen atoms in total. The molecule has 1 aromatic heterocycles. The molecule has 0 spiro atoms. The number of anilines is 1. The van der Waals surface area contributed by atoms with Crippen LogP contribution in [0.25, 0.3) is 0 Å². The van der Waals surface area contributed by atoms with Gasteiger partial charge in [0.1, 0.15) is 0 Å². The van der Waals surface area contributed by atoms with E-state index < -0.39 is 0 Å². The van der Waals surface area contributed by atoms with Gasteiger partial charge >= 0.3 is 5.00 Å². The first-order valence-corrected chi connectivity index (χ1v) is 6.43. The Morgan fingerprint density at radius 3 is 2.72 bits per heavy atom. The summed E-state index contributed by atoms with van der Waals surface area (Å²) in [6.45, 7) is 4.74. The van der Waals surface area contributed by atoms with Crippen molar-refractivity contribution in [1.29, 1.82) is 0 Å². The first-order chi connectivity index (χ1) is 8.58. The van der Waals surface area contributed by atoms with Crippen LogP contribution in [0.4, 0.5) is 10.7 Å². The molecule has 0 radical (unpaired) electrons. The van der Waals surface area contributed by atoms with Crippen molar-refractivity contribution in [2.75, 3.05) is 5.32 Å². The van der Waals surface area contributed by atoms with Crippen molar-refractivity contribution in [3.63, 3.8) is 0 Å². The Kier molecular flexibility index (Phi) is 3.62. The molecule has 0 amide bonds. The van der Waals surface area contributed by atoms with Gasteiger partial charge in [-0.2, -0.15) is 0 Å². The second-order valence-electron chi connectivity index (χ2n) is 4.10. The van der Waals surface area contributed by atoms with Crippen molar-refractivity contribution in [1.82, 2.24) is 0 Å². The molecule has 0 atom stereocenters. The number of benzene rings is 1. The molecule has 0 aliphatic rings. The van der Waals surface area contributed by atoms with E-state index in [4.69, 9.17) is 0 Å². The van der Waals surface area contributed by atoms with Crippen molar-refractivity contribution in [2.45, 2.75) is 20.4 Å². The summed E-state index contributed by atoms with van der Waals surface area (Å²) in [5.74, 6) is 0. The van der Waals surface area contributed by atoms with Crippen LogP contribution in [-0.2, 0) is 6.54 Å². The van der Waals surface area contributed by atoms with Gasteiger partial charge in [-0.1, -0.05) is 23.5 Å². The predicted octanol–water partition coefficient (Wildman–Crippen LogP) is 3.89. The first-order valence-electron chi connectivity index (χ1n) is 5.61. The second-order valence-corrected chi connectivity index (χ2v) is 5.24. The molecule has 0 unspecified atom stereocenters. The van der Waals surface area contributed by atoms with Gasteiger partial charge in [0.2, 0.25) is 0 Å². The Bertz CT molecular complexity index is 578. The van der Waals surface area contributed by atoms with Crippen molar-refractivity contribution >= 4 is 22.0 Å². The lowest BCUT2D eigenvalue weighted by Crippen LogP contribution is -2.00. The minimum Gasteiger partial charge on any atom is -0.380 e. The Balaban J connectivity index is 2.07. The number of hydrogen-bond acceptors (Lipinski definition) is 4. The van der Waals surface area contributed by atoms with E-state index in [0.717, 1.165) is 10.6 Å². The van der Waals surface area contributed by atoms with Crippen LogP contribution in [-0.4, -0.2) is 4.92 Å². The van der Waals surface area contributed by atoms with Gasteiger partial charge in [-0.25, -0.2) is 0 Å². The average Bonchev–Trinajstić information content (AvgIpc) is 2.80. The van der Waals surface area contributed by atoms with Crippen molar-refractivity contribution < 1.29 is 4.92 Å². The first kappa shape index (κ1) is 12.6. The molecule has 18 heavy (non-hydrogen) atoms. The molecule has 0 saturated heterocycles. The van der Waals surface area contributed by atoms with Crippen LogP contribution in [0.3, 0.4) is 0 Å². The second kappa shape index (κ2) is 5.18. The van der Waals surface area contributed by atoms with E-state index in [1.54, 1.807) is 12.1 Å². The number of nitro groups is 1. The molecule has 1 heterocycles. The van der Waals surface area contributed by atoms with E-state index in [-0.39, 0.29) is 9.92 Å². The molecule has 0 bridgehead atoms. The topological polar surface area (TPSA) is 55.2 Å². The molecule has 0 aliphatic carbocycles. The van der Waals surface area contributed by atoms with Crippen LogP contribution in [0.1, 0.15) is 16.0 Å². The lowest BCUT2D eigenvalue weighted by Gasteiger charge is -2.10. The molecule has 2 aromatic rings. The number of nitrogens with one attached hydrogen (secondary N) is 1. The highest BCUT2D eigenvalue weighted by Gasteiger charge is 2.09. The van der Waals surface area contributed by atoms with Crippen molar-refractivity contribution in [3.05, 3.63) is 56.5 Å². The smallest absolute Gasteiger partial charge is 0.324 e. The minimum absolute atomic E-state index is 0.188. The maximum atomic E-state index is 10.6. The summed E-state index contributed by atoms with van der Waals surface area (Å²) in [6, 6.07) is 9.42. The maximum Gasteiger partial charge on any atom is 0.324 e. The van der Waals surface area contributed by atoms with Gasteiger partial charge in [-0.05, 0) is 37.1 Å². The van der Waals surface area contributed by atoms with E-state index in [1.165, 1.54) is 22.5 Å². The summed E-state index contributed by atoms with van der Waals surface area (Å²) >= 11 is 1.21. The summed E-state index contributed by atoms with van der Waals surface area (Å²) in [5.41, 5.74) is 3.52. The van der Waals surface area contributed by atoms with Gasteiger partial charge in [0.15, 0.2) is 0 Å². The third-order valence-electron chi connectivity index (χ3n) is 2.89. The number of rotatable bonds is 4. The number of thiophene rings is 1. The summed E-state index contributed by atoms with van der Waals surface area (Å²) in [6.07, 6.45) is 0. The predicted molar refractivity (Wildman–Crippen MR) is 74.2 cm³/mol. The van der Waals surface area contributed by atoms with E-state index in [1.807, 2.05) is 12.1 Å². The van der Waals surface area contributed by atoms with E-state index in [9.17, 15) is 10.1 Å². The van der Waals surface area contributed by atoms with Gasteiger partial charge in [-0.3, -0.25) is 10.1 Å². The Labute approximate surface area is 109 Å². The molecular weight excluding hydrogens is 248 g/mol. The SMILES string of the molecule is Cc1cccc(NCc2ccc([N+](=O)[O-])s2)c1C. The highest BCUT2D eigenvalue weighted by molar-refractivity contribution is 7.15. The van der Waals surface area contributed by atoms with E-state index in [2.05, 4.69) is 25.2 Å². The van der Waals surface area contributed by atoms with Crippen molar-refractivity contribution in [3.8, 4) is 0 Å². The van der Waals surface area contributed by atoms with E-state index in [0.29, 0.717) is 6.54 Å². The minimum atomic E-state index is -0.355. The van der Waals surface area contributed by atoms with Gasteiger partial charge in [0.25, 0.3) is 0 Å². The Hall–Kier alpha value is -1.88. The standard InChI is InChI=1S/C13H14N2O2S/c1-9-4-3-5-12(10(9)2)14-8-11-6-7-13(18-11)15(16)17/h3-7,14H,8H2,1-2H3. The Morgan fingerprint density at radius 2 is 2.06 bits per heavy atom. The third-order valence-corrected chi connectivity index (χ3v) is 3.92. The van der Waals surface area contributed by atoms with Crippen molar-refractivity contribution in [2.24, 2.45) is 0 Å². The normalized spacial score (nSPS) is 10.3. The molecule has 1 aromatic carbocycles. The summed E-state index contributed by atoms with van der Waals surface area (Å²) < 4.78 is 0. The lowest BCUT2D eigenvalue weighted by atomic mass is 10.1. The fourth-order valence-corrected chi connectivity index (χ4v) is 2.44. The molecule has 1 N–H and O–H groups in total. The molecule has 2 rings (SSSR count). The summed E-state index contributed by atoms with van der Waals surface area (Å²) in [7, 11) is 0. The quantitative estimate of drug-likeness (QED) is 0.672. The zero-order chi connectivity index (χ0) is 13.1. The molecule has 5 heteroatoms. The molecule has 0 saturated carbocycles.